The summed E-state index contributed by atoms with van der Waals surface area (Å²) >= 11 is 0. The summed E-state index contributed by atoms with van der Waals surface area (Å²) in [6.45, 7) is 8.07. The Balaban J connectivity index is 1.66. The number of amides is 1. The quantitative estimate of drug-likeness (QED) is 0.703. The van der Waals surface area contributed by atoms with Gasteiger partial charge in [-0.2, -0.15) is 13.2 Å². The van der Waals surface area contributed by atoms with Crippen LogP contribution in [-0.2, 0) is 10.9 Å². The Kier molecular flexibility index (Phi) is 5.65. The largest absolute Gasteiger partial charge is 0.444 e. The Hall–Kier alpha value is -2.51. The van der Waals surface area contributed by atoms with Crippen molar-refractivity contribution < 1.29 is 22.7 Å². The summed E-state index contributed by atoms with van der Waals surface area (Å²) in [5.41, 5.74) is 0.113. The first kappa shape index (κ1) is 21.2. The number of piperidine rings is 1. The lowest BCUT2D eigenvalue weighted by atomic mass is 9.91. The number of H-pyrrole nitrogens is 1. The van der Waals surface area contributed by atoms with Gasteiger partial charge in [0.1, 0.15) is 11.4 Å². The average molecular weight is 409 g/mol. The van der Waals surface area contributed by atoms with Crippen molar-refractivity contribution in [2.45, 2.75) is 64.3 Å². The molecule has 158 valence electrons. The van der Waals surface area contributed by atoms with Gasteiger partial charge in [-0.05, 0) is 58.2 Å². The molecule has 1 amide bonds. The Labute approximate surface area is 168 Å². The van der Waals surface area contributed by atoms with Crippen LogP contribution in [0.5, 0.6) is 0 Å². The molecular weight excluding hydrogens is 383 g/mol. The minimum Gasteiger partial charge on any atom is -0.444 e. The summed E-state index contributed by atoms with van der Waals surface area (Å²) < 4.78 is 43.7. The first-order valence-electron chi connectivity index (χ1n) is 9.66. The normalized spacial score (nSPS) is 20.6. The number of nitrogens with one attached hydrogen (secondary N) is 1. The fourth-order valence-corrected chi connectivity index (χ4v) is 3.54. The summed E-state index contributed by atoms with van der Waals surface area (Å²) in [4.78, 5) is 21.8. The number of imidazole rings is 1. The van der Waals surface area contributed by atoms with Crippen LogP contribution in [0.4, 0.5) is 18.0 Å². The summed E-state index contributed by atoms with van der Waals surface area (Å²) in [6, 6.07) is 5.01. The van der Waals surface area contributed by atoms with Gasteiger partial charge in [-0.25, -0.2) is 9.78 Å². The van der Waals surface area contributed by atoms with Crippen LogP contribution < -0.4 is 0 Å². The van der Waals surface area contributed by atoms with Crippen molar-refractivity contribution >= 4 is 6.09 Å². The molecule has 2 heterocycles. The van der Waals surface area contributed by atoms with Gasteiger partial charge in [-0.15, -0.1) is 0 Å². The topological polar surface area (TPSA) is 58.2 Å². The number of carbonyl (C=O) groups excluding carboxylic acids is 1. The standard InChI is InChI=1S/C21H26F3N3O2/c1-13-11-15(9-10-27(13)19(28)29-20(2,3)4)18-25-12-17(26-18)14-5-7-16(8-6-14)21(22,23)24/h5-8,12-13,15H,9-11H2,1-4H3,(H,25,26)/t13-,15-/m0/s1. The number of hydrogen-bond acceptors (Lipinski definition) is 3. The van der Waals surface area contributed by atoms with Crippen LogP contribution in [-0.4, -0.2) is 39.1 Å². The Morgan fingerprint density at radius 2 is 1.86 bits per heavy atom. The molecule has 1 aliphatic heterocycles. The smallest absolute Gasteiger partial charge is 0.416 e. The van der Waals surface area contributed by atoms with E-state index in [1.54, 1.807) is 11.1 Å². The van der Waals surface area contributed by atoms with E-state index in [1.165, 1.54) is 12.1 Å². The van der Waals surface area contributed by atoms with Crippen molar-refractivity contribution in [1.82, 2.24) is 14.9 Å². The number of aromatic nitrogens is 2. The number of aromatic amines is 1. The van der Waals surface area contributed by atoms with Crippen molar-refractivity contribution in [2.75, 3.05) is 6.54 Å². The van der Waals surface area contributed by atoms with Crippen LogP contribution >= 0.6 is 0 Å². The van der Waals surface area contributed by atoms with Gasteiger partial charge in [-0.1, -0.05) is 12.1 Å². The Morgan fingerprint density at radius 1 is 1.21 bits per heavy atom. The van der Waals surface area contributed by atoms with Gasteiger partial charge in [-0.3, -0.25) is 0 Å². The maximum atomic E-state index is 12.7. The SMILES string of the molecule is C[C@H]1C[C@@H](c2ncc(-c3ccc(C(F)(F)F)cc3)[nH]2)CCN1C(=O)OC(C)(C)C. The van der Waals surface area contributed by atoms with Crippen LogP contribution in [0.1, 0.15) is 57.8 Å². The second kappa shape index (κ2) is 7.72. The molecule has 8 heteroatoms. The van der Waals surface area contributed by atoms with Crippen LogP contribution in [0.3, 0.4) is 0 Å². The second-order valence-electron chi connectivity index (χ2n) is 8.50. The predicted molar refractivity (Wildman–Crippen MR) is 103 cm³/mol. The van der Waals surface area contributed by atoms with Crippen molar-refractivity contribution in [1.29, 1.82) is 0 Å². The van der Waals surface area contributed by atoms with E-state index < -0.39 is 17.3 Å². The maximum Gasteiger partial charge on any atom is 0.416 e. The van der Waals surface area contributed by atoms with Gasteiger partial charge in [0.2, 0.25) is 0 Å². The summed E-state index contributed by atoms with van der Waals surface area (Å²) in [6.07, 6.45) is -1.55. The van der Waals surface area contributed by atoms with Crippen molar-refractivity contribution in [3.05, 3.63) is 41.9 Å². The van der Waals surface area contributed by atoms with E-state index in [2.05, 4.69) is 9.97 Å². The molecule has 1 fully saturated rings. The number of carbonyl (C=O) groups is 1. The third-order valence-electron chi connectivity index (χ3n) is 5.01. The van der Waals surface area contributed by atoms with E-state index in [9.17, 15) is 18.0 Å². The number of halogens is 3. The number of rotatable bonds is 2. The minimum atomic E-state index is -4.35. The van der Waals surface area contributed by atoms with Gasteiger partial charge in [0.05, 0.1) is 17.5 Å². The molecule has 1 aromatic carbocycles. The van der Waals surface area contributed by atoms with Crippen molar-refractivity contribution in [3.8, 4) is 11.3 Å². The maximum absolute atomic E-state index is 12.7. The van der Waals surface area contributed by atoms with Gasteiger partial charge in [0.25, 0.3) is 0 Å². The molecule has 2 atom stereocenters. The molecule has 1 aromatic heterocycles. The minimum absolute atomic E-state index is 0.00298. The molecule has 0 unspecified atom stereocenters. The zero-order chi connectivity index (χ0) is 21.4. The third-order valence-corrected chi connectivity index (χ3v) is 5.01. The zero-order valence-electron chi connectivity index (χ0n) is 17.0. The lowest BCUT2D eigenvalue weighted by Gasteiger charge is -2.37. The fourth-order valence-electron chi connectivity index (χ4n) is 3.54. The molecule has 1 N–H and O–H groups in total. The monoisotopic (exact) mass is 409 g/mol. The summed E-state index contributed by atoms with van der Waals surface area (Å²) in [5, 5.41) is 0. The summed E-state index contributed by atoms with van der Waals surface area (Å²) in [5.74, 6) is 0.933. The molecule has 2 aromatic rings. The van der Waals surface area contributed by atoms with Crippen molar-refractivity contribution in [3.63, 3.8) is 0 Å². The van der Waals surface area contributed by atoms with E-state index in [0.717, 1.165) is 30.8 Å². The first-order chi connectivity index (χ1) is 13.4. The number of ether oxygens (including phenoxy) is 1. The van der Waals surface area contributed by atoms with Gasteiger partial charge < -0.3 is 14.6 Å². The van der Waals surface area contributed by atoms with E-state index in [0.29, 0.717) is 17.8 Å². The Morgan fingerprint density at radius 3 is 2.41 bits per heavy atom. The molecule has 3 rings (SSSR count). The number of benzene rings is 1. The molecule has 0 radical (unpaired) electrons. The molecule has 29 heavy (non-hydrogen) atoms. The average Bonchev–Trinajstić information content (AvgIpc) is 3.09. The van der Waals surface area contributed by atoms with Crippen LogP contribution in [0.2, 0.25) is 0 Å². The molecule has 1 aliphatic rings. The van der Waals surface area contributed by atoms with Crippen LogP contribution in [0.15, 0.2) is 30.5 Å². The number of hydrogen-bond donors (Lipinski definition) is 1. The zero-order valence-corrected chi connectivity index (χ0v) is 17.0. The molecular formula is C21H26F3N3O2. The molecule has 0 spiro atoms. The highest BCUT2D eigenvalue weighted by Gasteiger charge is 2.33. The highest BCUT2D eigenvalue weighted by Crippen LogP contribution is 2.33. The van der Waals surface area contributed by atoms with E-state index in [1.807, 2.05) is 27.7 Å². The van der Waals surface area contributed by atoms with Crippen LogP contribution in [0, 0.1) is 0 Å². The van der Waals surface area contributed by atoms with Gasteiger partial charge in [0.15, 0.2) is 0 Å². The number of alkyl halides is 3. The molecule has 0 bridgehead atoms. The second-order valence-corrected chi connectivity index (χ2v) is 8.50. The highest BCUT2D eigenvalue weighted by molar-refractivity contribution is 5.68. The van der Waals surface area contributed by atoms with Crippen molar-refractivity contribution in [2.24, 2.45) is 0 Å². The summed E-state index contributed by atoms with van der Waals surface area (Å²) in [7, 11) is 0. The third kappa shape index (κ3) is 5.10. The number of likely N-dealkylation sites (tertiary alicyclic amines) is 1. The van der Waals surface area contributed by atoms with Crippen LogP contribution in [0.25, 0.3) is 11.3 Å². The van der Waals surface area contributed by atoms with E-state index in [-0.39, 0.29) is 18.1 Å². The Bertz CT molecular complexity index is 853. The molecule has 5 nitrogen and oxygen atoms in total. The molecule has 1 saturated heterocycles. The molecule has 0 saturated carbocycles. The van der Waals surface area contributed by atoms with Gasteiger partial charge in [0, 0.05) is 18.5 Å². The lowest BCUT2D eigenvalue weighted by Crippen LogP contribution is -2.46. The predicted octanol–water partition coefficient (Wildman–Crippen LogP) is 5.60. The molecule has 0 aliphatic carbocycles. The highest BCUT2D eigenvalue weighted by atomic mass is 19.4. The fraction of sp³-hybridized carbons (Fsp3) is 0.524. The van der Waals surface area contributed by atoms with E-state index in [4.69, 9.17) is 4.74 Å². The number of nitrogens with zero attached hydrogens (tertiary/aromatic N) is 2. The van der Waals surface area contributed by atoms with Gasteiger partial charge >= 0.3 is 12.3 Å². The lowest BCUT2D eigenvalue weighted by molar-refractivity contribution is -0.137. The first-order valence-corrected chi connectivity index (χ1v) is 9.66. The van der Waals surface area contributed by atoms with E-state index >= 15 is 0 Å².